The molecule has 0 unspecified atom stereocenters. The third kappa shape index (κ3) is 3.38. The standard InChI is InChI=1S/C15H9ClN2O3/c16-13-4-2-11(3-5-13)12(9-17)7-10-1-6-15(19)14(8-10)18(20)21/h1-8,19H/b12-7-. The molecule has 0 atom stereocenters. The van der Waals surface area contributed by atoms with Gasteiger partial charge in [0.2, 0.25) is 0 Å². The Labute approximate surface area is 125 Å². The van der Waals surface area contributed by atoms with Crippen LogP contribution in [0.2, 0.25) is 5.02 Å². The van der Waals surface area contributed by atoms with Gasteiger partial charge in [0.05, 0.1) is 16.6 Å². The molecular formula is C15H9ClN2O3. The highest BCUT2D eigenvalue weighted by atomic mass is 35.5. The summed E-state index contributed by atoms with van der Waals surface area (Å²) in [5.41, 5.74) is 1.03. The number of phenolic OH excluding ortho intramolecular Hbond substituents is 1. The molecule has 0 amide bonds. The Bertz CT molecular complexity index is 761. The number of phenols is 1. The lowest BCUT2D eigenvalue weighted by atomic mass is 10.0. The van der Waals surface area contributed by atoms with Gasteiger partial charge in [-0.15, -0.1) is 0 Å². The van der Waals surface area contributed by atoms with Crippen LogP contribution in [-0.2, 0) is 0 Å². The number of nitro groups is 1. The summed E-state index contributed by atoms with van der Waals surface area (Å²) in [7, 11) is 0. The van der Waals surface area contributed by atoms with Gasteiger partial charge in [-0.3, -0.25) is 10.1 Å². The van der Waals surface area contributed by atoms with Crippen LogP contribution >= 0.6 is 11.6 Å². The van der Waals surface area contributed by atoms with Crippen LogP contribution in [0.4, 0.5) is 5.69 Å². The highest BCUT2D eigenvalue weighted by Gasteiger charge is 2.13. The van der Waals surface area contributed by atoms with Crippen LogP contribution in [0, 0.1) is 21.4 Å². The van der Waals surface area contributed by atoms with Gasteiger partial charge in [-0.25, -0.2) is 0 Å². The normalized spacial score (nSPS) is 11.0. The monoisotopic (exact) mass is 300 g/mol. The Hall–Kier alpha value is -2.84. The third-order valence-electron chi connectivity index (χ3n) is 2.78. The van der Waals surface area contributed by atoms with Crippen LogP contribution in [0.5, 0.6) is 5.75 Å². The topological polar surface area (TPSA) is 87.2 Å². The number of nitro benzene ring substituents is 1. The van der Waals surface area contributed by atoms with Crippen molar-refractivity contribution in [3.63, 3.8) is 0 Å². The average Bonchev–Trinajstić information content (AvgIpc) is 2.47. The number of nitrogens with zero attached hydrogens (tertiary/aromatic N) is 2. The van der Waals surface area contributed by atoms with Crippen molar-refractivity contribution in [1.29, 1.82) is 5.26 Å². The molecule has 0 fully saturated rings. The second-order valence-corrected chi connectivity index (χ2v) is 4.62. The molecule has 2 aromatic carbocycles. The molecule has 0 saturated carbocycles. The summed E-state index contributed by atoms with van der Waals surface area (Å²) in [4.78, 5) is 10.1. The van der Waals surface area contributed by atoms with Crippen LogP contribution < -0.4 is 0 Å². The van der Waals surface area contributed by atoms with Gasteiger partial charge in [0.1, 0.15) is 0 Å². The molecule has 0 aromatic heterocycles. The second kappa shape index (κ2) is 6.07. The number of hydrogen-bond donors (Lipinski definition) is 1. The molecule has 0 aliphatic heterocycles. The van der Waals surface area contributed by atoms with Crippen molar-refractivity contribution in [1.82, 2.24) is 0 Å². The molecular weight excluding hydrogens is 292 g/mol. The van der Waals surface area contributed by atoms with Gasteiger partial charge >= 0.3 is 5.69 Å². The van der Waals surface area contributed by atoms with Gasteiger partial charge in [-0.2, -0.15) is 5.26 Å². The first-order valence-electron chi connectivity index (χ1n) is 5.86. The highest BCUT2D eigenvalue weighted by molar-refractivity contribution is 6.30. The average molecular weight is 301 g/mol. The first-order valence-corrected chi connectivity index (χ1v) is 6.24. The minimum Gasteiger partial charge on any atom is -0.502 e. The van der Waals surface area contributed by atoms with Crippen molar-refractivity contribution in [2.75, 3.05) is 0 Å². The number of benzene rings is 2. The molecule has 0 heterocycles. The van der Waals surface area contributed by atoms with Crippen molar-refractivity contribution >= 4 is 28.9 Å². The molecule has 0 spiro atoms. The molecule has 0 radical (unpaired) electrons. The van der Waals surface area contributed by atoms with Crippen molar-refractivity contribution in [3.8, 4) is 11.8 Å². The summed E-state index contributed by atoms with van der Waals surface area (Å²) in [6.07, 6.45) is 1.51. The molecule has 104 valence electrons. The maximum absolute atomic E-state index is 10.8. The first kappa shape index (κ1) is 14.6. The summed E-state index contributed by atoms with van der Waals surface area (Å²) < 4.78 is 0. The number of rotatable bonds is 3. The predicted octanol–water partition coefficient (Wildman–Crippen LogP) is 4.02. The quantitative estimate of drug-likeness (QED) is 0.401. The number of nitriles is 1. The van der Waals surface area contributed by atoms with E-state index in [1.54, 1.807) is 24.3 Å². The Kier molecular flexibility index (Phi) is 4.21. The molecule has 5 nitrogen and oxygen atoms in total. The number of hydrogen-bond acceptors (Lipinski definition) is 4. The van der Waals surface area contributed by atoms with Gasteiger partial charge in [-0.05, 0) is 35.4 Å². The van der Waals surface area contributed by atoms with Gasteiger partial charge in [0.25, 0.3) is 0 Å². The first-order chi connectivity index (χ1) is 10.0. The lowest BCUT2D eigenvalue weighted by Crippen LogP contribution is -1.89. The summed E-state index contributed by atoms with van der Waals surface area (Å²) in [6.45, 7) is 0. The van der Waals surface area contributed by atoms with E-state index in [1.807, 2.05) is 6.07 Å². The summed E-state index contributed by atoms with van der Waals surface area (Å²) in [5, 5.41) is 29.9. The Morgan fingerprint density at radius 3 is 2.52 bits per heavy atom. The fourth-order valence-corrected chi connectivity index (χ4v) is 1.88. The number of aromatic hydroxyl groups is 1. The lowest BCUT2D eigenvalue weighted by molar-refractivity contribution is -0.385. The van der Waals surface area contributed by atoms with E-state index in [4.69, 9.17) is 11.6 Å². The molecule has 0 saturated heterocycles. The number of halogens is 1. The Balaban J connectivity index is 2.46. The maximum Gasteiger partial charge on any atom is 0.311 e. The molecule has 1 N–H and O–H groups in total. The summed E-state index contributed by atoms with van der Waals surface area (Å²) in [6, 6.07) is 12.6. The van der Waals surface area contributed by atoms with Crippen molar-refractivity contribution < 1.29 is 10.0 Å². The summed E-state index contributed by atoms with van der Waals surface area (Å²) in [5.74, 6) is -0.415. The van der Waals surface area contributed by atoms with Gasteiger partial charge in [-0.1, -0.05) is 29.8 Å². The van der Waals surface area contributed by atoms with Crippen LogP contribution in [-0.4, -0.2) is 10.0 Å². The van der Waals surface area contributed by atoms with Crippen molar-refractivity contribution in [3.05, 3.63) is 68.7 Å². The van der Waals surface area contributed by atoms with Gasteiger partial charge < -0.3 is 5.11 Å². The van der Waals surface area contributed by atoms with Crippen LogP contribution in [0.3, 0.4) is 0 Å². The zero-order valence-corrected chi connectivity index (χ0v) is 11.4. The summed E-state index contributed by atoms with van der Waals surface area (Å²) >= 11 is 5.79. The minimum atomic E-state index is -0.680. The zero-order valence-electron chi connectivity index (χ0n) is 10.7. The highest BCUT2D eigenvalue weighted by Crippen LogP contribution is 2.28. The molecule has 6 heteroatoms. The van der Waals surface area contributed by atoms with E-state index in [-0.39, 0.29) is 0 Å². The molecule has 0 aliphatic rings. The SMILES string of the molecule is N#C/C(=C/c1ccc(O)c([N+](=O)[O-])c1)c1ccc(Cl)cc1. The second-order valence-electron chi connectivity index (χ2n) is 4.18. The van der Waals surface area contributed by atoms with Gasteiger partial charge in [0, 0.05) is 11.1 Å². The van der Waals surface area contributed by atoms with Gasteiger partial charge in [0.15, 0.2) is 5.75 Å². The zero-order chi connectivity index (χ0) is 15.4. The minimum absolute atomic E-state index is 0.339. The van der Waals surface area contributed by atoms with E-state index < -0.39 is 16.4 Å². The van der Waals surface area contributed by atoms with E-state index in [1.165, 1.54) is 24.3 Å². The molecule has 0 bridgehead atoms. The van der Waals surface area contributed by atoms with E-state index in [0.29, 0.717) is 21.7 Å². The third-order valence-corrected chi connectivity index (χ3v) is 3.03. The smallest absolute Gasteiger partial charge is 0.311 e. The fraction of sp³-hybridized carbons (Fsp3) is 0. The largest absolute Gasteiger partial charge is 0.502 e. The van der Waals surface area contributed by atoms with E-state index >= 15 is 0 Å². The fourth-order valence-electron chi connectivity index (χ4n) is 1.75. The molecule has 0 aliphatic carbocycles. The molecule has 2 aromatic rings. The maximum atomic E-state index is 10.8. The molecule has 21 heavy (non-hydrogen) atoms. The molecule has 2 rings (SSSR count). The van der Waals surface area contributed by atoms with E-state index in [2.05, 4.69) is 0 Å². The van der Waals surface area contributed by atoms with Crippen LogP contribution in [0.15, 0.2) is 42.5 Å². The predicted molar refractivity (Wildman–Crippen MR) is 79.7 cm³/mol. The van der Waals surface area contributed by atoms with E-state index in [0.717, 1.165) is 0 Å². The van der Waals surface area contributed by atoms with Crippen LogP contribution in [0.1, 0.15) is 11.1 Å². The van der Waals surface area contributed by atoms with Crippen molar-refractivity contribution in [2.45, 2.75) is 0 Å². The lowest BCUT2D eigenvalue weighted by Gasteiger charge is -2.01. The number of allylic oxidation sites excluding steroid dienone is 1. The Morgan fingerprint density at radius 2 is 1.95 bits per heavy atom. The van der Waals surface area contributed by atoms with Crippen molar-refractivity contribution in [2.24, 2.45) is 0 Å². The Morgan fingerprint density at radius 1 is 1.29 bits per heavy atom. The van der Waals surface area contributed by atoms with Crippen LogP contribution in [0.25, 0.3) is 11.6 Å². The van der Waals surface area contributed by atoms with E-state index in [9.17, 15) is 20.5 Å².